The van der Waals surface area contributed by atoms with Crippen LogP contribution < -0.4 is 10.2 Å². The molecule has 0 unspecified atom stereocenters. The van der Waals surface area contributed by atoms with Gasteiger partial charge in [-0.15, -0.1) is 0 Å². The molecule has 0 saturated heterocycles. The van der Waals surface area contributed by atoms with Gasteiger partial charge in [0.15, 0.2) is 0 Å². The fourth-order valence-electron chi connectivity index (χ4n) is 2.80. The quantitative estimate of drug-likeness (QED) is 0.196. The van der Waals surface area contributed by atoms with Crippen LogP contribution >= 0.6 is 27.5 Å². The number of rotatable bonds is 12. The molecule has 0 heterocycles. The zero-order valence-corrected chi connectivity index (χ0v) is 19.2. The number of halogens is 2. The van der Waals surface area contributed by atoms with Crippen LogP contribution in [0, 0.1) is 6.92 Å². The summed E-state index contributed by atoms with van der Waals surface area (Å²) < 4.78 is 6.84. The molecule has 1 N–H and O–H groups in total. The minimum atomic E-state index is 0.727. The Hall–Kier alpha value is -1.52. The van der Waals surface area contributed by atoms with E-state index in [1.54, 1.807) is 6.21 Å². The third-order valence-electron chi connectivity index (χ3n) is 4.54. The Morgan fingerprint density at radius 1 is 1.04 bits per heavy atom. The van der Waals surface area contributed by atoms with Crippen molar-refractivity contribution in [3.63, 3.8) is 0 Å². The predicted molar refractivity (Wildman–Crippen MR) is 125 cm³/mol. The Balaban J connectivity index is 1.74. The fraction of sp³-hybridized carbons (Fsp3) is 0.435. The third kappa shape index (κ3) is 8.24. The highest BCUT2D eigenvalue weighted by atomic mass is 79.9. The molecule has 2 aromatic rings. The summed E-state index contributed by atoms with van der Waals surface area (Å²) in [5, 5.41) is 5.00. The van der Waals surface area contributed by atoms with Gasteiger partial charge in [0.2, 0.25) is 0 Å². The SMILES string of the molecule is CCCCCCCCCOc1ccc(C=NNc2ccc(C)c(Cl)c2)cc1Br. The lowest BCUT2D eigenvalue weighted by atomic mass is 10.1. The molecule has 28 heavy (non-hydrogen) atoms. The number of benzene rings is 2. The first-order valence-electron chi connectivity index (χ1n) is 10.1. The van der Waals surface area contributed by atoms with Crippen LogP contribution in [0.1, 0.15) is 63.0 Å². The number of anilines is 1. The highest BCUT2D eigenvalue weighted by molar-refractivity contribution is 9.10. The van der Waals surface area contributed by atoms with E-state index in [9.17, 15) is 0 Å². The van der Waals surface area contributed by atoms with Crippen LogP contribution in [0.3, 0.4) is 0 Å². The molecular weight excluding hydrogens is 436 g/mol. The maximum absolute atomic E-state index is 6.13. The van der Waals surface area contributed by atoms with Gasteiger partial charge < -0.3 is 4.74 Å². The number of hydrogen-bond donors (Lipinski definition) is 1. The molecule has 0 aliphatic carbocycles. The standard InChI is InChI=1S/C23H30BrClN2O/c1-3-4-5-6-7-8-9-14-28-23-13-11-19(15-21(23)24)17-26-27-20-12-10-18(2)22(25)16-20/h10-13,15-17,27H,3-9,14H2,1-2H3. The minimum absolute atomic E-state index is 0.727. The van der Waals surface area contributed by atoms with Crippen molar-refractivity contribution in [2.24, 2.45) is 5.10 Å². The van der Waals surface area contributed by atoms with E-state index in [4.69, 9.17) is 16.3 Å². The average Bonchev–Trinajstić information content (AvgIpc) is 2.68. The maximum Gasteiger partial charge on any atom is 0.133 e. The first kappa shape index (κ1) is 22.8. The van der Waals surface area contributed by atoms with Crippen molar-refractivity contribution < 1.29 is 4.74 Å². The summed E-state index contributed by atoms with van der Waals surface area (Å²) in [4.78, 5) is 0. The van der Waals surface area contributed by atoms with Crippen LogP contribution in [0.2, 0.25) is 5.02 Å². The van der Waals surface area contributed by atoms with Gasteiger partial charge in [-0.05, 0) is 70.7 Å². The van der Waals surface area contributed by atoms with E-state index >= 15 is 0 Å². The lowest BCUT2D eigenvalue weighted by Gasteiger charge is -2.09. The Morgan fingerprint density at radius 3 is 2.50 bits per heavy atom. The van der Waals surface area contributed by atoms with Gasteiger partial charge in [-0.25, -0.2) is 0 Å². The van der Waals surface area contributed by atoms with Crippen LogP contribution in [-0.2, 0) is 0 Å². The summed E-state index contributed by atoms with van der Waals surface area (Å²) in [6.07, 6.45) is 10.8. The second-order valence-corrected chi connectivity index (χ2v) is 8.26. The van der Waals surface area contributed by atoms with Crippen molar-refractivity contribution in [3.05, 3.63) is 57.0 Å². The summed E-state index contributed by atoms with van der Waals surface area (Å²) in [6, 6.07) is 11.8. The highest BCUT2D eigenvalue weighted by Gasteiger charge is 2.02. The van der Waals surface area contributed by atoms with Gasteiger partial charge in [0.05, 0.1) is 23.0 Å². The summed E-state index contributed by atoms with van der Waals surface area (Å²) in [5.74, 6) is 0.876. The highest BCUT2D eigenvalue weighted by Crippen LogP contribution is 2.26. The van der Waals surface area contributed by atoms with Gasteiger partial charge in [-0.3, -0.25) is 5.43 Å². The van der Waals surface area contributed by atoms with Crippen molar-refractivity contribution >= 4 is 39.4 Å². The Kier molecular flexibility index (Phi) is 10.4. The monoisotopic (exact) mass is 464 g/mol. The van der Waals surface area contributed by atoms with Crippen molar-refractivity contribution in [1.29, 1.82) is 0 Å². The molecule has 0 atom stereocenters. The number of nitrogens with zero attached hydrogens (tertiary/aromatic N) is 1. The second kappa shape index (κ2) is 12.8. The van der Waals surface area contributed by atoms with E-state index < -0.39 is 0 Å². The molecule has 0 aromatic heterocycles. The molecule has 0 saturated carbocycles. The first-order valence-corrected chi connectivity index (χ1v) is 11.2. The van der Waals surface area contributed by atoms with Crippen LogP contribution in [0.5, 0.6) is 5.75 Å². The van der Waals surface area contributed by atoms with Gasteiger partial charge in [-0.2, -0.15) is 5.10 Å². The van der Waals surface area contributed by atoms with E-state index in [1.807, 2.05) is 43.3 Å². The number of hydrogen-bond acceptors (Lipinski definition) is 3. The zero-order chi connectivity index (χ0) is 20.2. The first-order chi connectivity index (χ1) is 13.6. The summed E-state index contributed by atoms with van der Waals surface area (Å²) in [7, 11) is 0. The topological polar surface area (TPSA) is 33.6 Å². The number of hydrazone groups is 1. The Labute approximate surface area is 182 Å². The molecular formula is C23H30BrClN2O. The molecule has 152 valence electrons. The average molecular weight is 466 g/mol. The molecule has 0 fully saturated rings. The van der Waals surface area contributed by atoms with Crippen molar-refractivity contribution in [2.75, 3.05) is 12.0 Å². The third-order valence-corrected chi connectivity index (χ3v) is 5.57. The van der Waals surface area contributed by atoms with E-state index in [1.165, 1.54) is 38.5 Å². The van der Waals surface area contributed by atoms with Gasteiger partial charge in [-0.1, -0.05) is 63.1 Å². The van der Waals surface area contributed by atoms with Crippen LogP contribution in [0.15, 0.2) is 46.0 Å². The molecule has 0 aliphatic heterocycles. The van der Waals surface area contributed by atoms with E-state index in [0.29, 0.717) is 0 Å². The molecule has 0 aliphatic rings. The molecule has 0 bridgehead atoms. The van der Waals surface area contributed by atoms with Gasteiger partial charge in [0.1, 0.15) is 5.75 Å². The molecule has 0 amide bonds. The molecule has 2 rings (SSSR count). The fourth-order valence-corrected chi connectivity index (χ4v) is 3.49. The van der Waals surface area contributed by atoms with E-state index in [2.05, 4.69) is 33.4 Å². The molecule has 3 nitrogen and oxygen atoms in total. The zero-order valence-electron chi connectivity index (χ0n) is 16.8. The van der Waals surface area contributed by atoms with Crippen LogP contribution in [0.4, 0.5) is 5.69 Å². The minimum Gasteiger partial charge on any atom is -0.492 e. The van der Waals surface area contributed by atoms with Crippen molar-refractivity contribution in [1.82, 2.24) is 0 Å². The second-order valence-electron chi connectivity index (χ2n) is 6.99. The maximum atomic E-state index is 6.13. The lowest BCUT2D eigenvalue weighted by molar-refractivity contribution is 0.302. The van der Waals surface area contributed by atoms with Crippen molar-refractivity contribution in [3.8, 4) is 5.75 Å². The largest absolute Gasteiger partial charge is 0.492 e. The number of aryl methyl sites for hydroxylation is 1. The summed E-state index contributed by atoms with van der Waals surface area (Å²) in [6.45, 7) is 4.99. The smallest absolute Gasteiger partial charge is 0.133 e. The molecule has 5 heteroatoms. The normalized spacial score (nSPS) is 11.1. The van der Waals surface area contributed by atoms with Gasteiger partial charge in [0.25, 0.3) is 0 Å². The summed E-state index contributed by atoms with van der Waals surface area (Å²) in [5.41, 5.74) is 5.90. The molecule has 2 aromatic carbocycles. The van der Waals surface area contributed by atoms with Crippen LogP contribution in [-0.4, -0.2) is 12.8 Å². The van der Waals surface area contributed by atoms with Crippen LogP contribution in [0.25, 0.3) is 0 Å². The van der Waals surface area contributed by atoms with Crippen molar-refractivity contribution in [2.45, 2.75) is 58.8 Å². The van der Waals surface area contributed by atoms with E-state index in [-0.39, 0.29) is 0 Å². The lowest BCUT2D eigenvalue weighted by Crippen LogP contribution is -1.98. The number of unbranched alkanes of at least 4 members (excludes halogenated alkanes) is 6. The Morgan fingerprint density at radius 2 is 1.79 bits per heavy atom. The Bertz CT molecular complexity index is 764. The molecule has 0 spiro atoms. The van der Waals surface area contributed by atoms with Gasteiger partial charge in [0, 0.05) is 5.02 Å². The number of nitrogens with one attached hydrogen (secondary N) is 1. The van der Waals surface area contributed by atoms with Gasteiger partial charge >= 0.3 is 0 Å². The predicted octanol–water partition coefficient (Wildman–Crippen LogP) is 7.99. The van der Waals surface area contributed by atoms with E-state index in [0.717, 1.165) is 45.1 Å². The summed E-state index contributed by atoms with van der Waals surface area (Å²) >= 11 is 9.71. The number of ether oxygens (including phenoxy) is 1. The molecule has 0 radical (unpaired) electrons.